The predicted octanol–water partition coefficient (Wildman–Crippen LogP) is 5.15. The molecule has 2 atom stereocenters. The van der Waals surface area contributed by atoms with Crippen LogP contribution in [0.2, 0.25) is 0 Å². The summed E-state index contributed by atoms with van der Waals surface area (Å²) in [6.07, 6.45) is 8.96. The first kappa shape index (κ1) is 21.3. The van der Waals surface area contributed by atoms with Crippen LogP contribution in [0.1, 0.15) is 50.2 Å². The molecule has 0 aromatic heterocycles. The van der Waals surface area contributed by atoms with Crippen molar-refractivity contribution in [3.8, 4) is 6.07 Å². The van der Waals surface area contributed by atoms with Crippen LogP contribution in [0.3, 0.4) is 0 Å². The number of allylic oxidation sites excluding steroid dienone is 2. The van der Waals surface area contributed by atoms with Crippen LogP contribution in [0, 0.1) is 29.1 Å². The Labute approximate surface area is 171 Å². The van der Waals surface area contributed by atoms with Crippen LogP contribution in [-0.2, 0) is 14.9 Å². The molecule has 2 unspecified atom stereocenters. The van der Waals surface area contributed by atoms with Gasteiger partial charge in [-0.25, -0.2) is 4.39 Å². The lowest BCUT2D eigenvalue weighted by Crippen LogP contribution is -2.40. The molecule has 0 heterocycles. The third-order valence-electron chi connectivity index (χ3n) is 6.26. The summed E-state index contributed by atoms with van der Waals surface area (Å²) >= 11 is 0. The summed E-state index contributed by atoms with van der Waals surface area (Å²) < 4.78 is 21.4. The second kappa shape index (κ2) is 9.37. The van der Waals surface area contributed by atoms with Crippen molar-refractivity contribution >= 4 is 5.97 Å². The van der Waals surface area contributed by atoms with E-state index in [4.69, 9.17) is 4.74 Å². The Hall–Kier alpha value is -2.45. The van der Waals surface area contributed by atoms with E-state index < -0.39 is 23.1 Å². The number of halogens is 1. The average Bonchev–Trinajstić information content (AvgIpc) is 2.74. The molecule has 154 valence electrons. The number of carboxylic acids is 1. The molecule has 4 nitrogen and oxygen atoms in total. The Bertz CT molecular complexity index is 833. The molecule has 1 aromatic carbocycles. The summed E-state index contributed by atoms with van der Waals surface area (Å²) in [5.74, 6) is -2.07. The number of benzene rings is 1. The maximum atomic E-state index is 15.7. The van der Waals surface area contributed by atoms with Crippen molar-refractivity contribution in [2.75, 3.05) is 13.2 Å². The smallest absolute Gasteiger partial charge is 0.314 e. The normalized spacial score (nSPS) is 29.1. The summed E-state index contributed by atoms with van der Waals surface area (Å²) in [4.78, 5) is 11.4. The highest BCUT2D eigenvalue weighted by Gasteiger charge is 2.47. The van der Waals surface area contributed by atoms with E-state index in [2.05, 4.69) is 13.0 Å². The molecule has 1 fully saturated rings. The van der Waals surface area contributed by atoms with Crippen LogP contribution < -0.4 is 0 Å². The Morgan fingerprint density at radius 3 is 2.66 bits per heavy atom. The Morgan fingerprint density at radius 1 is 1.31 bits per heavy atom. The number of hydrogen-bond donors (Lipinski definition) is 1. The van der Waals surface area contributed by atoms with E-state index in [9.17, 15) is 15.2 Å². The standard InChI is InChI=1S/C24H28FNO3/c1-2-13-29-16-17-7-9-20(10-8-17)24(21-6-4-3-5-19(21)15-26)12-11-18(23(27)28)14-22(24)25/h3-6,11-12,14,17-18,20H,2,7-10,13,16H2,1H3,(H,27,28). The highest BCUT2D eigenvalue weighted by Crippen LogP contribution is 2.51. The molecule has 2 aliphatic rings. The molecule has 2 aliphatic carbocycles. The van der Waals surface area contributed by atoms with Gasteiger partial charge in [-0.05, 0) is 61.6 Å². The van der Waals surface area contributed by atoms with E-state index in [1.807, 2.05) is 6.07 Å². The first-order valence-corrected chi connectivity index (χ1v) is 10.4. The van der Waals surface area contributed by atoms with E-state index in [-0.39, 0.29) is 5.92 Å². The molecule has 5 heteroatoms. The van der Waals surface area contributed by atoms with E-state index in [0.717, 1.165) is 45.3 Å². The fourth-order valence-corrected chi connectivity index (χ4v) is 4.73. The minimum Gasteiger partial charge on any atom is -0.481 e. The van der Waals surface area contributed by atoms with Crippen molar-refractivity contribution in [1.29, 1.82) is 5.26 Å². The van der Waals surface area contributed by atoms with Crippen LogP contribution >= 0.6 is 0 Å². The number of hydrogen-bond acceptors (Lipinski definition) is 3. The first-order chi connectivity index (χ1) is 14.0. The summed E-state index contributed by atoms with van der Waals surface area (Å²) in [5.41, 5.74) is -0.0158. The van der Waals surface area contributed by atoms with E-state index in [0.29, 0.717) is 17.0 Å². The fourth-order valence-electron chi connectivity index (χ4n) is 4.73. The van der Waals surface area contributed by atoms with Gasteiger partial charge in [0.15, 0.2) is 0 Å². The fraction of sp³-hybridized carbons (Fsp3) is 0.500. The quantitative estimate of drug-likeness (QED) is 0.510. The Balaban J connectivity index is 1.92. The van der Waals surface area contributed by atoms with Gasteiger partial charge in [0, 0.05) is 13.2 Å². The van der Waals surface area contributed by atoms with Crippen molar-refractivity contribution in [1.82, 2.24) is 0 Å². The number of carboxylic acid groups (broad SMARTS) is 1. The van der Waals surface area contributed by atoms with Gasteiger partial charge < -0.3 is 9.84 Å². The minimum absolute atomic E-state index is 0.0262. The zero-order valence-corrected chi connectivity index (χ0v) is 16.8. The van der Waals surface area contributed by atoms with Crippen LogP contribution in [0.25, 0.3) is 0 Å². The van der Waals surface area contributed by atoms with Crippen molar-refractivity contribution in [2.24, 2.45) is 17.8 Å². The third-order valence-corrected chi connectivity index (χ3v) is 6.26. The molecular formula is C24H28FNO3. The molecular weight excluding hydrogens is 369 g/mol. The lowest BCUT2D eigenvalue weighted by molar-refractivity contribution is -0.138. The molecule has 0 bridgehead atoms. The SMILES string of the molecule is CCCOCC1CCC(C2(c3ccccc3C#N)C=CC(C(=O)O)C=C2F)CC1. The average molecular weight is 397 g/mol. The van der Waals surface area contributed by atoms with Gasteiger partial charge in [0.2, 0.25) is 0 Å². The zero-order chi connectivity index (χ0) is 20.9. The summed E-state index contributed by atoms with van der Waals surface area (Å²) in [6.45, 7) is 3.58. The van der Waals surface area contributed by atoms with Crippen LogP contribution in [0.5, 0.6) is 0 Å². The molecule has 1 saturated carbocycles. The number of carbonyl (C=O) groups is 1. The number of nitriles is 1. The Morgan fingerprint density at radius 2 is 2.03 bits per heavy atom. The van der Waals surface area contributed by atoms with Gasteiger partial charge in [-0.2, -0.15) is 5.26 Å². The monoisotopic (exact) mass is 397 g/mol. The van der Waals surface area contributed by atoms with Crippen molar-refractivity contribution < 1.29 is 19.0 Å². The molecule has 3 rings (SSSR count). The first-order valence-electron chi connectivity index (χ1n) is 10.4. The lowest BCUT2D eigenvalue weighted by Gasteiger charge is -2.43. The topological polar surface area (TPSA) is 70.3 Å². The van der Waals surface area contributed by atoms with E-state index >= 15 is 4.39 Å². The molecule has 1 aromatic rings. The van der Waals surface area contributed by atoms with Gasteiger partial charge in [0.25, 0.3) is 0 Å². The predicted molar refractivity (Wildman–Crippen MR) is 109 cm³/mol. The van der Waals surface area contributed by atoms with Crippen LogP contribution in [-0.4, -0.2) is 24.3 Å². The molecule has 0 radical (unpaired) electrons. The number of aliphatic carboxylic acids is 1. The summed E-state index contributed by atoms with van der Waals surface area (Å²) in [7, 11) is 0. The molecule has 1 N–H and O–H groups in total. The molecule has 0 aliphatic heterocycles. The molecule has 0 amide bonds. The van der Waals surface area contributed by atoms with Crippen LogP contribution in [0.15, 0.2) is 48.3 Å². The summed E-state index contributed by atoms with van der Waals surface area (Å²) in [6, 6.07) is 9.27. The van der Waals surface area contributed by atoms with Gasteiger partial charge in [-0.15, -0.1) is 0 Å². The third kappa shape index (κ3) is 4.28. The van der Waals surface area contributed by atoms with Crippen molar-refractivity contribution in [2.45, 2.75) is 44.4 Å². The minimum atomic E-state index is -1.08. The number of ether oxygens (including phenoxy) is 1. The number of rotatable bonds is 7. The molecule has 0 spiro atoms. The maximum Gasteiger partial charge on any atom is 0.314 e. The second-order valence-corrected chi connectivity index (χ2v) is 8.06. The number of nitrogens with zero attached hydrogens (tertiary/aromatic N) is 1. The van der Waals surface area contributed by atoms with Gasteiger partial charge in [-0.1, -0.05) is 37.3 Å². The van der Waals surface area contributed by atoms with E-state index in [1.54, 1.807) is 30.4 Å². The van der Waals surface area contributed by atoms with Gasteiger partial charge in [0.05, 0.1) is 23.0 Å². The second-order valence-electron chi connectivity index (χ2n) is 8.06. The largest absolute Gasteiger partial charge is 0.481 e. The zero-order valence-electron chi connectivity index (χ0n) is 16.8. The van der Waals surface area contributed by atoms with Gasteiger partial charge in [-0.3, -0.25) is 4.79 Å². The molecule has 0 saturated heterocycles. The van der Waals surface area contributed by atoms with Crippen molar-refractivity contribution in [3.05, 3.63) is 59.4 Å². The lowest BCUT2D eigenvalue weighted by atomic mass is 9.60. The maximum absolute atomic E-state index is 15.7. The summed E-state index contributed by atoms with van der Waals surface area (Å²) in [5, 5.41) is 18.9. The Kier molecular flexibility index (Phi) is 6.87. The highest BCUT2D eigenvalue weighted by atomic mass is 19.1. The van der Waals surface area contributed by atoms with Gasteiger partial charge in [0.1, 0.15) is 5.83 Å². The van der Waals surface area contributed by atoms with Crippen molar-refractivity contribution in [3.63, 3.8) is 0 Å². The highest BCUT2D eigenvalue weighted by molar-refractivity contribution is 5.75. The van der Waals surface area contributed by atoms with Gasteiger partial charge >= 0.3 is 5.97 Å². The van der Waals surface area contributed by atoms with Crippen LogP contribution in [0.4, 0.5) is 4.39 Å². The molecule has 29 heavy (non-hydrogen) atoms. The van der Waals surface area contributed by atoms with E-state index in [1.165, 1.54) is 6.08 Å².